The third kappa shape index (κ3) is 4.49. The molecule has 1 aromatic rings. The van der Waals surface area contributed by atoms with Crippen LogP contribution in [0.3, 0.4) is 0 Å². The molecule has 3 aliphatic rings. The molecule has 0 saturated carbocycles. The van der Waals surface area contributed by atoms with E-state index in [0.29, 0.717) is 24.6 Å². The summed E-state index contributed by atoms with van der Waals surface area (Å²) >= 11 is 0. The highest BCUT2D eigenvalue weighted by Gasteiger charge is 2.44. The van der Waals surface area contributed by atoms with E-state index in [1.807, 2.05) is 0 Å². The Labute approximate surface area is 159 Å². The number of rotatable bonds is 4. The van der Waals surface area contributed by atoms with Crippen molar-refractivity contribution in [2.75, 3.05) is 32.8 Å². The van der Waals surface area contributed by atoms with Crippen molar-refractivity contribution in [2.45, 2.75) is 51.2 Å². The van der Waals surface area contributed by atoms with Crippen molar-refractivity contribution in [3.05, 3.63) is 35.4 Å². The number of ether oxygens (including phenoxy) is 1. The normalized spacial score (nSPS) is 26.1. The van der Waals surface area contributed by atoms with Crippen molar-refractivity contribution in [3.63, 3.8) is 0 Å². The largest absolute Gasteiger partial charge is 0.377 e. The molecule has 27 heavy (non-hydrogen) atoms. The van der Waals surface area contributed by atoms with Crippen molar-refractivity contribution in [1.82, 2.24) is 9.80 Å². The van der Waals surface area contributed by atoms with Gasteiger partial charge in [0.25, 0.3) is 0 Å². The van der Waals surface area contributed by atoms with E-state index in [1.165, 1.54) is 25.0 Å². The van der Waals surface area contributed by atoms with Gasteiger partial charge in [0.2, 0.25) is 5.91 Å². The van der Waals surface area contributed by atoms with Crippen LogP contribution in [0.25, 0.3) is 0 Å². The summed E-state index contributed by atoms with van der Waals surface area (Å²) in [5, 5.41) is 0. The quantitative estimate of drug-likeness (QED) is 0.806. The summed E-state index contributed by atoms with van der Waals surface area (Å²) < 4.78 is 32.7. The predicted molar refractivity (Wildman–Crippen MR) is 98.1 cm³/mol. The lowest BCUT2D eigenvalue weighted by Crippen LogP contribution is -2.45. The highest BCUT2D eigenvalue weighted by molar-refractivity contribution is 5.79. The highest BCUT2D eigenvalue weighted by Crippen LogP contribution is 2.41. The molecule has 0 aromatic heterocycles. The minimum Gasteiger partial charge on any atom is -0.377 e. The molecule has 0 aliphatic carbocycles. The van der Waals surface area contributed by atoms with Crippen molar-refractivity contribution < 1.29 is 18.3 Å². The van der Waals surface area contributed by atoms with Gasteiger partial charge in [0.15, 0.2) is 0 Å². The molecular formula is C21H28F2N2O2. The van der Waals surface area contributed by atoms with Gasteiger partial charge in [-0.05, 0) is 68.3 Å². The maximum absolute atomic E-state index is 13.4. The van der Waals surface area contributed by atoms with Crippen molar-refractivity contribution in [3.8, 4) is 0 Å². The van der Waals surface area contributed by atoms with Crippen LogP contribution >= 0.6 is 0 Å². The van der Waals surface area contributed by atoms with Crippen molar-refractivity contribution in [1.29, 1.82) is 0 Å². The topological polar surface area (TPSA) is 32.8 Å². The molecule has 0 radical (unpaired) electrons. The number of carbonyl (C=O) groups is 1. The van der Waals surface area contributed by atoms with Gasteiger partial charge in [-0.15, -0.1) is 0 Å². The van der Waals surface area contributed by atoms with Crippen LogP contribution in [0.4, 0.5) is 8.78 Å². The number of piperidine rings is 1. The van der Waals surface area contributed by atoms with E-state index >= 15 is 0 Å². The summed E-state index contributed by atoms with van der Waals surface area (Å²) in [6.07, 6.45) is 6.49. The second-order valence-corrected chi connectivity index (χ2v) is 8.49. The first-order valence-electron chi connectivity index (χ1n) is 10.1. The van der Waals surface area contributed by atoms with Crippen LogP contribution in [0.1, 0.15) is 44.1 Å². The third-order valence-corrected chi connectivity index (χ3v) is 6.35. The molecule has 1 amide bonds. The summed E-state index contributed by atoms with van der Waals surface area (Å²) in [5.41, 5.74) is 0.539. The SMILES string of the molecule is O=C1CC2(CCN(CC3CCCCO3)CC2)CN1Cc1cc(F)cc(F)c1. The molecule has 1 aromatic carbocycles. The lowest BCUT2D eigenvalue weighted by molar-refractivity contribution is -0.128. The zero-order valence-electron chi connectivity index (χ0n) is 15.8. The standard InChI is InChI=1S/C21H28F2N2O2/c22-17-9-16(10-18(23)11-17)13-25-15-21(12-20(25)26)4-6-24(7-5-21)14-19-3-1-2-8-27-19/h9-11,19H,1-8,12-15H2. The fourth-order valence-corrected chi connectivity index (χ4v) is 4.83. The molecule has 4 rings (SSSR count). The fourth-order valence-electron chi connectivity index (χ4n) is 4.83. The average molecular weight is 378 g/mol. The maximum Gasteiger partial charge on any atom is 0.223 e. The number of hydrogen-bond donors (Lipinski definition) is 0. The fraction of sp³-hybridized carbons (Fsp3) is 0.667. The minimum atomic E-state index is -0.593. The number of hydrogen-bond acceptors (Lipinski definition) is 3. The van der Waals surface area contributed by atoms with Gasteiger partial charge < -0.3 is 14.5 Å². The molecule has 3 aliphatic heterocycles. The molecule has 3 saturated heterocycles. The van der Waals surface area contributed by atoms with Gasteiger partial charge in [-0.2, -0.15) is 0 Å². The number of carbonyl (C=O) groups excluding carboxylic acids is 1. The number of likely N-dealkylation sites (tertiary alicyclic amines) is 2. The average Bonchev–Trinajstić information content (AvgIpc) is 2.92. The molecule has 148 valence electrons. The van der Waals surface area contributed by atoms with Gasteiger partial charge in [0, 0.05) is 38.7 Å². The zero-order chi connectivity index (χ0) is 18.9. The second-order valence-electron chi connectivity index (χ2n) is 8.49. The minimum absolute atomic E-state index is 0.0207. The molecule has 0 N–H and O–H groups in total. The van der Waals surface area contributed by atoms with Gasteiger partial charge in [-0.25, -0.2) is 8.78 Å². The lowest BCUT2D eigenvalue weighted by Gasteiger charge is -2.40. The van der Waals surface area contributed by atoms with Gasteiger partial charge in [0.1, 0.15) is 11.6 Å². The Kier molecular flexibility index (Phi) is 5.46. The van der Waals surface area contributed by atoms with Crippen LogP contribution in [0.2, 0.25) is 0 Å². The number of benzene rings is 1. The van der Waals surface area contributed by atoms with E-state index in [1.54, 1.807) is 4.90 Å². The molecule has 1 unspecified atom stereocenters. The Hall–Kier alpha value is -1.53. The number of halogens is 2. The van der Waals surface area contributed by atoms with E-state index in [-0.39, 0.29) is 17.9 Å². The Bertz CT molecular complexity index is 663. The van der Waals surface area contributed by atoms with Gasteiger partial charge in [0.05, 0.1) is 6.10 Å². The zero-order valence-corrected chi connectivity index (χ0v) is 15.8. The van der Waals surface area contributed by atoms with E-state index < -0.39 is 11.6 Å². The molecule has 6 heteroatoms. The van der Waals surface area contributed by atoms with Crippen LogP contribution in [-0.2, 0) is 16.1 Å². The van der Waals surface area contributed by atoms with E-state index in [0.717, 1.165) is 51.6 Å². The molecule has 0 bridgehead atoms. The van der Waals surface area contributed by atoms with Crippen LogP contribution in [0, 0.1) is 17.0 Å². The monoisotopic (exact) mass is 378 g/mol. The van der Waals surface area contributed by atoms with Crippen LogP contribution in [-0.4, -0.2) is 54.6 Å². The lowest BCUT2D eigenvalue weighted by atomic mass is 9.77. The molecular weight excluding hydrogens is 350 g/mol. The highest BCUT2D eigenvalue weighted by atomic mass is 19.1. The van der Waals surface area contributed by atoms with Crippen LogP contribution < -0.4 is 0 Å². The van der Waals surface area contributed by atoms with Crippen molar-refractivity contribution >= 4 is 5.91 Å². The first-order valence-corrected chi connectivity index (χ1v) is 10.1. The smallest absolute Gasteiger partial charge is 0.223 e. The number of amides is 1. The molecule has 3 fully saturated rings. The molecule has 3 heterocycles. The molecule has 1 atom stereocenters. The predicted octanol–water partition coefficient (Wildman–Crippen LogP) is 3.35. The van der Waals surface area contributed by atoms with E-state index in [9.17, 15) is 13.6 Å². The van der Waals surface area contributed by atoms with E-state index in [4.69, 9.17) is 4.74 Å². The summed E-state index contributed by atoms with van der Waals surface area (Å²) in [5.74, 6) is -1.09. The summed E-state index contributed by atoms with van der Waals surface area (Å²) in [4.78, 5) is 16.8. The van der Waals surface area contributed by atoms with Crippen LogP contribution in [0.5, 0.6) is 0 Å². The van der Waals surface area contributed by atoms with Gasteiger partial charge >= 0.3 is 0 Å². The Morgan fingerprint density at radius 2 is 1.85 bits per heavy atom. The Morgan fingerprint density at radius 1 is 1.11 bits per heavy atom. The van der Waals surface area contributed by atoms with Gasteiger partial charge in [-0.3, -0.25) is 4.79 Å². The first kappa shape index (κ1) is 18.8. The summed E-state index contributed by atoms with van der Waals surface area (Å²) in [6, 6.07) is 3.49. The second kappa shape index (κ2) is 7.84. The summed E-state index contributed by atoms with van der Waals surface area (Å²) in [7, 11) is 0. The molecule has 4 nitrogen and oxygen atoms in total. The van der Waals surface area contributed by atoms with E-state index in [2.05, 4.69) is 4.90 Å². The maximum atomic E-state index is 13.4. The molecule has 1 spiro atoms. The van der Waals surface area contributed by atoms with Gasteiger partial charge in [-0.1, -0.05) is 0 Å². The van der Waals surface area contributed by atoms with Crippen LogP contribution in [0.15, 0.2) is 18.2 Å². The Balaban J connectivity index is 1.32. The van der Waals surface area contributed by atoms with Crippen molar-refractivity contribution in [2.24, 2.45) is 5.41 Å². The first-order chi connectivity index (χ1) is 13.0. The third-order valence-electron chi connectivity index (χ3n) is 6.35. The Morgan fingerprint density at radius 3 is 2.52 bits per heavy atom. The number of nitrogens with zero attached hydrogens (tertiary/aromatic N) is 2. The summed E-state index contributed by atoms with van der Waals surface area (Å²) in [6.45, 7) is 4.85.